The number of nitrogens with one attached hydrogen (secondary N) is 2. The van der Waals surface area contributed by atoms with Gasteiger partial charge in [0.05, 0.1) is 11.1 Å². The Morgan fingerprint density at radius 3 is 2.70 bits per heavy atom. The fraction of sp³-hybridized carbons (Fsp3) is 0.105. The number of aromatic nitrogens is 2. The first-order valence-corrected chi connectivity index (χ1v) is 8.27. The van der Waals surface area contributed by atoms with Crippen LogP contribution in [-0.2, 0) is 6.54 Å². The quantitative estimate of drug-likeness (QED) is 0.377. The summed E-state index contributed by atoms with van der Waals surface area (Å²) >= 11 is 0. The number of nitro groups is 1. The molecule has 0 spiro atoms. The van der Waals surface area contributed by atoms with Gasteiger partial charge in [0.1, 0.15) is 0 Å². The highest BCUT2D eigenvalue weighted by molar-refractivity contribution is 5.81. The Bertz CT molecular complexity index is 959. The Morgan fingerprint density at radius 2 is 1.93 bits per heavy atom. The van der Waals surface area contributed by atoms with Crippen LogP contribution >= 0.6 is 0 Å². The van der Waals surface area contributed by atoms with Gasteiger partial charge >= 0.3 is 0 Å². The number of non-ortho nitro benzene ring substituents is 1. The molecule has 8 nitrogen and oxygen atoms in total. The molecule has 2 aromatic carbocycles. The molecule has 1 aromatic heterocycles. The highest BCUT2D eigenvalue weighted by Gasteiger charge is 2.04. The number of nitrogens with zero attached hydrogens (tertiary/aromatic N) is 4. The van der Waals surface area contributed by atoms with Crippen LogP contribution in [-0.4, -0.2) is 21.1 Å². The highest BCUT2D eigenvalue weighted by Crippen LogP contribution is 2.13. The Labute approximate surface area is 156 Å². The van der Waals surface area contributed by atoms with E-state index in [0.717, 1.165) is 11.3 Å². The average Bonchev–Trinajstić information content (AvgIpc) is 2.67. The summed E-state index contributed by atoms with van der Waals surface area (Å²) in [6, 6.07) is 17.9. The molecule has 0 saturated heterocycles. The van der Waals surface area contributed by atoms with Crippen LogP contribution in [0.1, 0.15) is 16.8 Å². The van der Waals surface area contributed by atoms with Crippen molar-refractivity contribution in [2.45, 2.75) is 13.5 Å². The Balaban J connectivity index is 1.65. The van der Waals surface area contributed by atoms with Crippen molar-refractivity contribution in [3.63, 3.8) is 0 Å². The summed E-state index contributed by atoms with van der Waals surface area (Å²) in [5.74, 6) is 1.02. The monoisotopic (exact) mass is 362 g/mol. The molecule has 8 heteroatoms. The summed E-state index contributed by atoms with van der Waals surface area (Å²) in [6.07, 6.45) is 1.50. The van der Waals surface area contributed by atoms with Crippen LogP contribution in [0.25, 0.3) is 0 Å². The van der Waals surface area contributed by atoms with E-state index >= 15 is 0 Å². The summed E-state index contributed by atoms with van der Waals surface area (Å²) < 4.78 is 0. The van der Waals surface area contributed by atoms with Crippen molar-refractivity contribution in [3.8, 4) is 0 Å². The molecule has 2 N–H and O–H groups in total. The smallest absolute Gasteiger partial charge is 0.270 e. The first-order chi connectivity index (χ1) is 13.1. The van der Waals surface area contributed by atoms with Crippen LogP contribution in [0.4, 0.5) is 17.5 Å². The summed E-state index contributed by atoms with van der Waals surface area (Å²) in [6.45, 7) is 2.48. The van der Waals surface area contributed by atoms with Crippen molar-refractivity contribution in [2.24, 2.45) is 5.10 Å². The van der Waals surface area contributed by atoms with Gasteiger partial charge < -0.3 is 5.32 Å². The standard InChI is InChI=1S/C19H18N6O2/c1-14-10-18(23-19(22-14)20-12-15-6-3-2-4-7-15)24-21-13-16-8-5-9-17(11-16)25(26)27/h2-11,13H,12H2,1H3,(H2,20,22,23,24). The molecule has 0 aliphatic rings. The minimum atomic E-state index is -0.441. The zero-order valence-corrected chi connectivity index (χ0v) is 14.7. The van der Waals surface area contributed by atoms with Crippen LogP contribution in [0.3, 0.4) is 0 Å². The van der Waals surface area contributed by atoms with Gasteiger partial charge in [-0.25, -0.2) is 4.98 Å². The number of anilines is 2. The predicted octanol–water partition coefficient (Wildman–Crippen LogP) is 3.75. The number of nitro benzene ring substituents is 1. The van der Waals surface area contributed by atoms with E-state index in [2.05, 4.69) is 25.8 Å². The lowest BCUT2D eigenvalue weighted by atomic mass is 10.2. The fourth-order valence-electron chi connectivity index (χ4n) is 2.37. The van der Waals surface area contributed by atoms with Gasteiger partial charge in [-0.2, -0.15) is 10.1 Å². The maximum atomic E-state index is 10.8. The van der Waals surface area contributed by atoms with Gasteiger partial charge in [0.25, 0.3) is 5.69 Å². The van der Waals surface area contributed by atoms with Crippen LogP contribution in [0.15, 0.2) is 65.8 Å². The van der Waals surface area contributed by atoms with E-state index in [4.69, 9.17) is 0 Å². The third-order valence-electron chi connectivity index (χ3n) is 3.62. The normalized spacial score (nSPS) is 10.7. The zero-order chi connectivity index (χ0) is 19.1. The molecule has 0 bridgehead atoms. The second-order valence-corrected chi connectivity index (χ2v) is 5.78. The van der Waals surface area contributed by atoms with E-state index in [9.17, 15) is 10.1 Å². The third kappa shape index (κ3) is 5.33. The van der Waals surface area contributed by atoms with Gasteiger partial charge in [-0.1, -0.05) is 42.5 Å². The Kier molecular flexibility index (Phi) is 5.68. The summed E-state index contributed by atoms with van der Waals surface area (Å²) in [4.78, 5) is 19.1. The van der Waals surface area contributed by atoms with Crippen molar-refractivity contribution in [1.82, 2.24) is 9.97 Å². The highest BCUT2D eigenvalue weighted by atomic mass is 16.6. The topological polar surface area (TPSA) is 105 Å². The van der Waals surface area contributed by atoms with Gasteiger partial charge in [0.2, 0.25) is 5.95 Å². The number of rotatable bonds is 7. The van der Waals surface area contributed by atoms with E-state index in [-0.39, 0.29) is 5.69 Å². The molecule has 0 aliphatic carbocycles. The Morgan fingerprint density at radius 1 is 1.11 bits per heavy atom. The minimum Gasteiger partial charge on any atom is -0.350 e. The maximum absolute atomic E-state index is 10.8. The Hall–Kier alpha value is -3.81. The SMILES string of the molecule is Cc1cc(NN=Cc2cccc([N+](=O)[O-])c2)nc(NCc2ccccc2)n1. The van der Waals surface area contributed by atoms with Crippen LogP contribution in [0, 0.1) is 17.0 Å². The minimum absolute atomic E-state index is 0.0178. The number of hydrogen-bond acceptors (Lipinski definition) is 7. The maximum Gasteiger partial charge on any atom is 0.270 e. The molecule has 27 heavy (non-hydrogen) atoms. The predicted molar refractivity (Wildman–Crippen MR) is 105 cm³/mol. The summed E-state index contributed by atoms with van der Waals surface area (Å²) in [7, 11) is 0. The summed E-state index contributed by atoms with van der Waals surface area (Å²) in [5, 5.41) is 18.1. The molecule has 0 fully saturated rings. The molecule has 0 saturated carbocycles. The first kappa shape index (κ1) is 18.0. The summed E-state index contributed by atoms with van der Waals surface area (Å²) in [5.41, 5.74) is 5.37. The van der Waals surface area contributed by atoms with Crippen LogP contribution in [0.2, 0.25) is 0 Å². The largest absolute Gasteiger partial charge is 0.350 e. The van der Waals surface area contributed by atoms with Gasteiger partial charge in [-0.05, 0) is 12.5 Å². The van der Waals surface area contributed by atoms with Gasteiger partial charge in [-0.15, -0.1) is 0 Å². The van der Waals surface area contributed by atoms with Crippen molar-refractivity contribution in [3.05, 3.63) is 87.6 Å². The fourth-order valence-corrected chi connectivity index (χ4v) is 2.37. The van der Waals surface area contributed by atoms with E-state index in [1.165, 1.54) is 18.3 Å². The molecule has 136 valence electrons. The van der Waals surface area contributed by atoms with Gasteiger partial charge in [0.15, 0.2) is 5.82 Å². The molecule has 0 radical (unpaired) electrons. The lowest BCUT2D eigenvalue weighted by molar-refractivity contribution is -0.384. The lowest BCUT2D eigenvalue weighted by Gasteiger charge is -2.08. The second-order valence-electron chi connectivity index (χ2n) is 5.78. The van der Waals surface area contributed by atoms with Crippen LogP contribution in [0.5, 0.6) is 0 Å². The third-order valence-corrected chi connectivity index (χ3v) is 3.62. The van der Waals surface area contributed by atoms with Crippen molar-refractivity contribution in [1.29, 1.82) is 0 Å². The molecular weight excluding hydrogens is 344 g/mol. The second kappa shape index (κ2) is 8.52. The van der Waals surface area contributed by atoms with E-state index < -0.39 is 4.92 Å². The number of hydrogen-bond donors (Lipinski definition) is 2. The molecular formula is C19H18N6O2. The molecule has 3 rings (SSSR count). The average molecular weight is 362 g/mol. The first-order valence-electron chi connectivity index (χ1n) is 8.27. The van der Waals surface area contributed by atoms with Crippen molar-refractivity contribution in [2.75, 3.05) is 10.7 Å². The molecule has 0 atom stereocenters. The van der Waals surface area contributed by atoms with Crippen LogP contribution < -0.4 is 10.7 Å². The molecule has 0 aliphatic heterocycles. The van der Waals surface area contributed by atoms with Gasteiger partial charge in [0, 0.05) is 36.0 Å². The number of aryl methyl sites for hydroxylation is 1. The molecule has 0 unspecified atom stereocenters. The van der Waals surface area contributed by atoms with Gasteiger partial charge in [-0.3, -0.25) is 15.5 Å². The number of hydrazone groups is 1. The van der Waals surface area contributed by atoms with Crippen molar-refractivity contribution < 1.29 is 4.92 Å². The molecule has 0 amide bonds. The zero-order valence-electron chi connectivity index (χ0n) is 14.7. The molecule has 3 aromatic rings. The molecule has 1 heterocycles. The van der Waals surface area contributed by atoms with Crippen molar-refractivity contribution >= 4 is 23.7 Å². The van der Waals surface area contributed by atoms with E-state index in [0.29, 0.717) is 23.9 Å². The van der Waals surface area contributed by atoms with E-state index in [1.807, 2.05) is 37.3 Å². The number of benzene rings is 2. The lowest BCUT2D eigenvalue weighted by Crippen LogP contribution is -2.06. The van der Waals surface area contributed by atoms with E-state index in [1.54, 1.807) is 18.2 Å².